The fourth-order valence-electron chi connectivity index (χ4n) is 12.8. The van der Waals surface area contributed by atoms with Crippen molar-refractivity contribution in [3.63, 3.8) is 0 Å². The van der Waals surface area contributed by atoms with E-state index in [1.54, 1.807) is 0 Å². The molecule has 0 heterocycles. The van der Waals surface area contributed by atoms with Gasteiger partial charge in [-0.05, 0) is 169 Å². The van der Waals surface area contributed by atoms with Crippen molar-refractivity contribution in [2.45, 2.75) is 0 Å². The summed E-state index contributed by atoms with van der Waals surface area (Å²) in [4.78, 5) is 0. The van der Waals surface area contributed by atoms with Crippen LogP contribution < -0.4 is 0 Å². The highest BCUT2D eigenvalue weighted by Gasteiger charge is 2.30. The first kappa shape index (κ1) is 33.3. The topological polar surface area (TPSA) is 0 Å². The molecule has 0 N–H and O–H groups in total. The number of hydrogen-bond acceptors (Lipinski definition) is 0. The summed E-state index contributed by atoms with van der Waals surface area (Å²) in [6.07, 6.45) is 0. The van der Waals surface area contributed by atoms with Gasteiger partial charge >= 0.3 is 0 Å². The van der Waals surface area contributed by atoms with Gasteiger partial charge in [0.25, 0.3) is 0 Å². The van der Waals surface area contributed by atoms with E-state index < -0.39 is 0 Å². The molecule has 0 bridgehead atoms. The summed E-state index contributed by atoms with van der Waals surface area (Å²) >= 11 is 0. The zero-order valence-electron chi connectivity index (χ0n) is 34.6. The molecule has 0 amide bonds. The first-order valence-corrected chi connectivity index (χ1v) is 22.5. The third kappa shape index (κ3) is 3.93. The van der Waals surface area contributed by atoms with Gasteiger partial charge in [0.15, 0.2) is 0 Å². The van der Waals surface area contributed by atoms with E-state index in [9.17, 15) is 0 Å². The largest absolute Gasteiger partial charge is 0.0622 e. The fourth-order valence-corrected chi connectivity index (χ4v) is 12.8. The average Bonchev–Trinajstić information content (AvgIpc) is 4.00. The van der Waals surface area contributed by atoms with E-state index in [0.29, 0.717) is 0 Å². The third-order valence-corrected chi connectivity index (χ3v) is 15.2. The lowest BCUT2D eigenvalue weighted by Gasteiger charge is -2.20. The first-order chi connectivity index (χ1) is 31.8. The molecule has 0 aliphatic heterocycles. The van der Waals surface area contributed by atoms with Crippen LogP contribution in [0.1, 0.15) is 0 Å². The minimum atomic E-state index is 1.22. The number of benzene rings is 13. The number of rotatable bonds is 3. The second kappa shape index (κ2) is 11.8. The molecule has 0 heteroatoms. The van der Waals surface area contributed by atoms with Crippen LogP contribution in [0.3, 0.4) is 0 Å². The van der Waals surface area contributed by atoms with Crippen LogP contribution in [0.15, 0.2) is 206 Å². The molecule has 0 saturated carbocycles. The lowest BCUT2D eigenvalue weighted by Crippen LogP contribution is -1.93. The van der Waals surface area contributed by atoms with Gasteiger partial charge in [0.1, 0.15) is 0 Å². The molecule has 0 radical (unpaired) electrons. The summed E-state index contributed by atoms with van der Waals surface area (Å²) in [6.45, 7) is 0. The van der Waals surface area contributed by atoms with Gasteiger partial charge in [0.2, 0.25) is 0 Å². The van der Waals surface area contributed by atoms with Crippen molar-refractivity contribution in [1.29, 1.82) is 0 Å². The zero-order chi connectivity index (χ0) is 41.4. The van der Waals surface area contributed by atoms with Crippen molar-refractivity contribution in [3.8, 4) is 55.6 Å². The maximum atomic E-state index is 2.56. The van der Waals surface area contributed by atoms with Crippen molar-refractivity contribution in [3.05, 3.63) is 206 Å². The maximum Gasteiger partial charge on any atom is -0.000717 e. The Labute approximate surface area is 367 Å². The second-order valence-corrected chi connectivity index (χ2v) is 18.1. The second-order valence-electron chi connectivity index (χ2n) is 18.1. The smallest absolute Gasteiger partial charge is 0.000717 e. The van der Waals surface area contributed by atoms with E-state index >= 15 is 0 Å². The minimum absolute atomic E-state index is 1.22. The van der Waals surface area contributed by atoms with Crippen molar-refractivity contribution < 1.29 is 0 Å². The number of hydrogen-bond donors (Lipinski definition) is 0. The molecule has 0 saturated heterocycles. The van der Waals surface area contributed by atoms with E-state index in [4.69, 9.17) is 0 Å². The van der Waals surface area contributed by atoms with Crippen molar-refractivity contribution in [2.24, 2.45) is 0 Å². The van der Waals surface area contributed by atoms with Gasteiger partial charge in [-0.1, -0.05) is 200 Å². The van der Waals surface area contributed by atoms with Crippen LogP contribution in [0, 0.1) is 0 Å². The molecule has 290 valence electrons. The summed E-state index contributed by atoms with van der Waals surface area (Å²) in [5, 5.41) is 26.7. The maximum absolute atomic E-state index is 2.56. The monoisotopic (exact) mass is 802 g/mol. The van der Waals surface area contributed by atoms with Crippen molar-refractivity contribution in [2.75, 3.05) is 0 Å². The Balaban J connectivity index is 1.18. The Morgan fingerprint density at radius 2 is 0.578 bits per heavy atom. The molecule has 0 spiro atoms. The van der Waals surface area contributed by atoms with Gasteiger partial charge in [0, 0.05) is 0 Å². The fraction of sp³-hybridized carbons (Fsp3) is 0. The summed E-state index contributed by atoms with van der Waals surface area (Å²) in [7, 11) is 0. The highest BCUT2D eigenvalue weighted by molar-refractivity contribution is 6.49. The standard InChI is InChI=1S/C64H34/c1-3-14-35(15-4-1)37-18-7-12-23-42(37)60-54-34-53-41-22-11-10-21-40(41)43-24-13-25-50(56(43)53)62(54)55(36-16-5-2-6-17-36)63-51-32-30-48-46-28-26-44-38-19-8-9-20-39(38)45-27-29-47(58(46)57(44)45)49-31-33-52(64(60)63)61(51)59(48)49/h1-34H. The van der Waals surface area contributed by atoms with E-state index in [2.05, 4.69) is 206 Å². The van der Waals surface area contributed by atoms with Crippen molar-refractivity contribution >= 4 is 108 Å². The molecular weight excluding hydrogens is 769 g/mol. The predicted octanol–water partition coefficient (Wildman–Crippen LogP) is 18.2. The molecule has 15 aromatic carbocycles. The highest BCUT2D eigenvalue weighted by atomic mass is 14.3. The molecule has 0 unspecified atom stereocenters. The first-order valence-electron chi connectivity index (χ1n) is 22.5. The molecule has 15 aromatic rings. The normalized spacial score (nSPS) is 12.7. The summed E-state index contributed by atoms with van der Waals surface area (Å²) in [6, 6.07) is 78.3. The van der Waals surface area contributed by atoms with Crippen LogP contribution in [0.4, 0.5) is 0 Å². The Bertz CT molecular complexity index is 4420. The van der Waals surface area contributed by atoms with Crippen LogP contribution in [-0.2, 0) is 0 Å². The predicted molar refractivity (Wildman–Crippen MR) is 276 cm³/mol. The zero-order valence-corrected chi connectivity index (χ0v) is 34.6. The Hall–Kier alpha value is -8.32. The number of fused-ring (bicyclic) bond motifs is 13. The molecule has 1 aliphatic rings. The lowest BCUT2D eigenvalue weighted by atomic mass is 9.82. The van der Waals surface area contributed by atoms with Crippen molar-refractivity contribution in [1.82, 2.24) is 0 Å². The van der Waals surface area contributed by atoms with Gasteiger partial charge in [-0.25, -0.2) is 0 Å². The van der Waals surface area contributed by atoms with Crippen LogP contribution in [-0.4, -0.2) is 0 Å². The molecule has 0 aromatic heterocycles. The van der Waals surface area contributed by atoms with E-state index in [-0.39, 0.29) is 0 Å². The van der Waals surface area contributed by atoms with Gasteiger partial charge in [0.05, 0.1) is 0 Å². The molecule has 16 rings (SSSR count). The molecule has 0 atom stereocenters. The minimum Gasteiger partial charge on any atom is -0.0622 e. The molecule has 0 fully saturated rings. The van der Waals surface area contributed by atoms with Gasteiger partial charge in [-0.15, -0.1) is 0 Å². The van der Waals surface area contributed by atoms with E-state index in [1.807, 2.05) is 0 Å². The third-order valence-electron chi connectivity index (χ3n) is 15.2. The molecule has 1 aliphatic carbocycles. The Kier molecular flexibility index (Phi) is 6.13. The molecular formula is C64H34. The summed E-state index contributed by atoms with van der Waals surface area (Å²) < 4.78 is 0. The van der Waals surface area contributed by atoms with E-state index in [1.165, 1.54) is 163 Å². The Morgan fingerprint density at radius 1 is 0.156 bits per heavy atom. The van der Waals surface area contributed by atoms with Gasteiger partial charge in [-0.3, -0.25) is 0 Å². The summed E-state index contributed by atoms with van der Waals surface area (Å²) in [5.74, 6) is 0. The average molecular weight is 803 g/mol. The Morgan fingerprint density at radius 3 is 1.23 bits per heavy atom. The van der Waals surface area contributed by atoms with Crippen LogP contribution >= 0.6 is 0 Å². The SMILES string of the molecule is c1ccc(-c2ccccc2-c2c3cc4c5ccccc5c5cccc(c3c(-c3ccccc3)c3c6ccc7c8ccc9c%10c(ccc(c%11ccc(c23)c6c%117)c%108)-c2ccccc2-9)c54)cc1. The van der Waals surface area contributed by atoms with Crippen LogP contribution in [0.2, 0.25) is 0 Å². The lowest BCUT2D eigenvalue weighted by molar-refractivity contribution is 1.61. The summed E-state index contributed by atoms with van der Waals surface area (Å²) in [5.41, 5.74) is 13.0. The molecule has 0 nitrogen and oxygen atoms in total. The van der Waals surface area contributed by atoms with Gasteiger partial charge < -0.3 is 0 Å². The van der Waals surface area contributed by atoms with Crippen LogP contribution in [0.25, 0.3) is 163 Å². The van der Waals surface area contributed by atoms with Crippen LogP contribution in [0.5, 0.6) is 0 Å². The quantitative estimate of drug-likeness (QED) is 0.123. The van der Waals surface area contributed by atoms with E-state index in [0.717, 1.165) is 0 Å². The van der Waals surface area contributed by atoms with Gasteiger partial charge in [-0.2, -0.15) is 0 Å². The molecule has 64 heavy (non-hydrogen) atoms. The highest BCUT2D eigenvalue weighted by Crippen LogP contribution is 2.58.